The van der Waals surface area contributed by atoms with Crippen LogP contribution < -0.4 is 10.1 Å². The van der Waals surface area contributed by atoms with E-state index < -0.39 is 6.35 Å². The Balaban J connectivity index is 1.59. The van der Waals surface area contributed by atoms with Gasteiger partial charge in [0.25, 0.3) is 5.91 Å². The minimum Gasteiger partial charge on any atom is -0.457 e. The molecule has 3 N–H and O–H groups in total. The topological polar surface area (TPSA) is 93.7 Å². The molecule has 0 bridgehead atoms. The van der Waals surface area contributed by atoms with Crippen LogP contribution in [0.15, 0.2) is 66.1 Å². The maximum atomic E-state index is 13.2. The maximum absolute atomic E-state index is 13.2. The molecule has 3 heterocycles. The number of aromatic nitrogens is 2. The smallest absolute Gasteiger partial charge is 0.257 e. The molecular weight excluding hydrogens is 418 g/mol. The molecule has 0 saturated heterocycles. The van der Waals surface area contributed by atoms with Crippen molar-refractivity contribution < 1.29 is 14.6 Å². The number of carbonyl (C=O) groups is 1. The molecule has 1 aromatic heterocycles. The van der Waals surface area contributed by atoms with E-state index in [4.69, 9.17) is 16.3 Å². The van der Waals surface area contributed by atoms with E-state index in [0.29, 0.717) is 33.7 Å². The summed E-state index contributed by atoms with van der Waals surface area (Å²) in [4.78, 5) is 16.1. The van der Waals surface area contributed by atoms with Crippen molar-refractivity contribution in [1.29, 1.82) is 0 Å². The summed E-state index contributed by atoms with van der Waals surface area (Å²) in [5.74, 6) is 1.88. The van der Waals surface area contributed by atoms with Crippen LogP contribution in [-0.4, -0.2) is 51.5 Å². The summed E-state index contributed by atoms with van der Waals surface area (Å²) in [7, 11) is 3.31. The molecule has 2 aromatic carbocycles. The van der Waals surface area contributed by atoms with Crippen molar-refractivity contribution in [2.75, 3.05) is 19.4 Å². The molecule has 0 saturated carbocycles. The number of rotatable bonds is 3. The molecule has 8 nitrogen and oxygen atoms in total. The molecular formula is C22H20ClN5O3. The first kappa shape index (κ1) is 19.5. The highest BCUT2D eigenvalue weighted by atomic mass is 35.5. The molecule has 2 aliphatic heterocycles. The molecule has 2 aliphatic rings. The van der Waals surface area contributed by atoms with Crippen LogP contribution in [0.3, 0.4) is 0 Å². The average molecular weight is 438 g/mol. The fraction of sp³-hybridized carbons (Fsp3) is 0.182. The summed E-state index contributed by atoms with van der Waals surface area (Å²) in [6, 6.07) is 14.7. The van der Waals surface area contributed by atoms with Gasteiger partial charge in [0, 0.05) is 30.6 Å². The number of amides is 1. The highest BCUT2D eigenvalue weighted by Crippen LogP contribution is 2.44. The SMILES string of the molecule is CN1C(=O)C2=C(Nc3[nH]ncc3C2c2cccc(Oc3ccc(Cl)cc3)c2)N(C)C1O. The van der Waals surface area contributed by atoms with Crippen molar-refractivity contribution in [1.82, 2.24) is 20.0 Å². The van der Waals surface area contributed by atoms with Gasteiger partial charge < -0.3 is 20.1 Å². The van der Waals surface area contributed by atoms with Crippen LogP contribution in [0.5, 0.6) is 11.5 Å². The number of hydrogen-bond acceptors (Lipinski definition) is 6. The van der Waals surface area contributed by atoms with Gasteiger partial charge in [0.1, 0.15) is 23.1 Å². The largest absolute Gasteiger partial charge is 0.457 e. The van der Waals surface area contributed by atoms with Gasteiger partial charge in [-0.2, -0.15) is 5.10 Å². The molecule has 5 rings (SSSR count). The van der Waals surface area contributed by atoms with E-state index in [2.05, 4.69) is 15.5 Å². The maximum Gasteiger partial charge on any atom is 0.257 e. The fourth-order valence-corrected chi connectivity index (χ4v) is 4.13. The van der Waals surface area contributed by atoms with Gasteiger partial charge >= 0.3 is 0 Å². The summed E-state index contributed by atoms with van der Waals surface area (Å²) in [6.07, 6.45) is 0.644. The number of aliphatic hydroxyl groups excluding tert-OH is 1. The Kier molecular flexibility index (Phi) is 4.60. The minimum absolute atomic E-state index is 0.256. The number of nitrogens with one attached hydrogen (secondary N) is 2. The van der Waals surface area contributed by atoms with Crippen molar-refractivity contribution in [2.45, 2.75) is 12.3 Å². The zero-order valence-corrected chi connectivity index (χ0v) is 17.6. The Morgan fingerprint density at radius 3 is 2.65 bits per heavy atom. The molecule has 0 radical (unpaired) electrons. The lowest BCUT2D eigenvalue weighted by Gasteiger charge is -2.43. The highest BCUT2D eigenvalue weighted by molar-refractivity contribution is 6.30. The second kappa shape index (κ2) is 7.33. The molecule has 158 valence electrons. The van der Waals surface area contributed by atoms with Gasteiger partial charge in [-0.25, -0.2) is 0 Å². The first-order chi connectivity index (χ1) is 14.9. The lowest BCUT2D eigenvalue weighted by atomic mass is 9.82. The summed E-state index contributed by atoms with van der Waals surface area (Å²) in [5, 5.41) is 21.4. The summed E-state index contributed by atoms with van der Waals surface area (Å²) >= 11 is 5.96. The number of likely N-dealkylation sites (N-methyl/N-ethyl adjacent to an activating group) is 1. The second-order valence-corrected chi connectivity index (χ2v) is 7.96. The summed E-state index contributed by atoms with van der Waals surface area (Å²) < 4.78 is 6.00. The Hall–Kier alpha value is -3.49. The standard InChI is InChI=1S/C22H20ClN5O3/c1-27-20-18(21(29)28(2)22(27)30)17(16-11-24-26-19(16)25-20)12-4-3-5-15(10-12)31-14-8-6-13(23)7-9-14/h3-11,17,22,30H,1-2H3,(H2,24,25,26). The van der Waals surface area contributed by atoms with Crippen LogP contribution >= 0.6 is 11.6 Å². The fourth-order valence-electron chi connectivity index (χ4n) is 4.01. The second-order valence-electron chi connectivity index (χ2n) is 7.52. The molecule has 31 heavy (non-hydrogen) atoms. The van der Waals surface area contributed by atoms with Crippen LogP contribution in [0.4, 0.5) is 5.82 Å². The van der Waals surface area contributed by atoms with Crippen molar-refractivity contribution >= 4 is 23.3 Å². The number of benzene rings is 2. The zero-order chi connectivity index (χ0) is 21.7. The van der Waals surface area contributed by atoms with Crippen LogP contribution in [0.25, 0.3) is 0 Å². The Morgan fingerprint density at radius 1 is 1.10 bits per heavy atom. The van der Waals surface area contributed by atoms with E-state index in [9.17, 15) is 9.90 Å². The first-order valence-electron chi connectivity index (χ1n) is 9.70. The Labute approximate surface area is 183 Å². The molecule has 1 amide bonds. The van der Waals surface area contributed by atoms with Crippen molar-refractivity contribution in [2.24, 2.45) is 0 Å². The van der Waals surface area contributed by atoms with Gasteiger partial charge in [0.15, 0.2) is 0 Å². The minimum atomic E-state index is -1.07. The van der Waals surface area contributed by atoms with E-state index >= 15 is 0 Å². The molecule has 0 fully saturated rings. The molecule has 3 aromatic rings. The number of carbonyl (C=O) groups excluding carboxylic acids is 1. The third kappa shape index (κ3) is 3.20. The van der Waals surface area contributed by atoms with Crippen molar-refractivity contribution in [3.8, 4) is 11.5 Å². The molecule has 0 aliphatic carbocycles. The van der Waals surface area contributed by atoms with Crippen LogP contribution in [0.2, 0.25) is 5.02 Å². The molecule has 2 atom stereocenters. The molecule has 9 heteroatoms. The number of halogens is 1. The van der Waals surface area contributed by atoms with Crippen molar-refractivity contribution in [3.05, 3.63) is 82.3 Å². The average Bonchev–Trinajstić information content (AvgIpc) is 3.25. The van der Waals surface area contributed by atoms with E-state index in [-0.39, 0.29) is 11.8 Å². The predicted molar refractivity (Wildman–Crippen MR) is 116 cm³/mol. The lowest BCUT2D eigenvalue weighted by molar-refractivity contribution is -0.149. The Morgan fingerprint density at radius 2 is 1.87 bits per heavy atom. The number of nitrogens with zero attached hydrogens (tertiary/aromatic N) is 3. The third-order valence-corrected chi connectivity index (χ3v) is 5.86. The summed E-state index contributed by atoms with van der Waals surface area (Å²) in [6.45, 7) is 0. The van der Waals surface area contributed by atoms with E-state index in [1.54, 1.807) is 49.5 Å². The molecule has 0 spiro atoms. The van der Waals surface area contributed by atoms with E-state index in [1.807, 2.05) is 24.3 Å². The number of ether oxygens (including phenoxy) is 1. The normalized spacial score (nSPS) is 20.3. The van der Waals surface area contributed by atoms with E-state index in [1.165, 1.54) is 4.90 Å². The van der Waals surface area contributed by atoms with Crippen LogP contribution in [-0.2, 0) is 4.79 Å². The van der Waals surface area contributed by atoms with Crippen LogP contribution in [0.1, 0.15) is 17.0 Å². The van der Waals surface area contributed by atoms with Gasteiger partial charge in [-0.05, 0) is 42.0 Å². The van der Waals surface area contributed by atoms with Crippen LogP contribution in [0, 0.1) is 0 Å². The van der Waals surface area contributed by atoms with Gasteiger partial charge in [-0.15, -0.1) is 0 Å². The predicted octanol–water partition coefficient (Wildman–Crippen LogP) is 3.30. The number of hydrogen-bond donors (Lipinski definition) is 3. The number of aliphatic hydroxyl groups is 1. The number of aromatic amines is 1. The quantitative estimate of drug-likeness (QED) is 0.582. The zero-order valence-electron chi connectivity index (χ0n) is 16.8. The van der Waals surface area contributed by atoms with Gasteiger partial charge in [-0.3, -0.25) is 14.8 Å². The highest BCUT2D eigenvalue weighted by Gasteiger charge is 2.43. The third-order valence-electron chi connectivity index (χ3n) is 5.60. The first-order valence-corrected chi connectivity index (χ1v) is 10.1. The van der Waals surface area contributed by atoms with Gasteiger partial charge in [-0.1, -0.05) is 23.7 Å². The number of anilines is 1. The number of fused-ring (bicyclic) bond motifs is 1. The number of H-pyrrole nitrogens is 1. The lowest BCUT2D eigenvalue weighted by Crippen LogP contribution is -2.55. The van der Waals surface area contributed by atoms with Gasteiger partial charge in [0.05, 0.1) is 11.8 Å². The van der Waals surface area contributed by atoms with E-state index in [0.717, 1.165) is 11.1 Å². The van der Waals surface area contributed by atoms with Gasteiger partial charge in [0.2, 0.25) is 6.35 Å². The monoisotopic (exact) mass is 437 g/mol. The Bertz CT molecular complexity index is 1190. The molecule has 2 unspecified atom stereocenters. The summed E-state index contributed by atoms with van der Waals surface area (Å²) in [5.41, 5.74) is 2.25. The van der Waals surface area contributed by atoms with Crippen molar-refractivity contribution in [3.63, 3.8) is 0 Å².